The summed E-state index contributed by atoms with van der Waals surface area (Å²) in [6.45, 7) is 1.82. The molecule has 9 heteroatoms. The van der Waals surface area contributed by atoms with Crippen LogP contribution < -0.4 is 10.1 Å². The lowest BCUT2D eigenvalue weighted by Crippen LogP contribution is -2.40. The molecule has 1 amide bonds. The summed E-state index contributed by atoms with van der Waals surface area (Å²) in [4.78, 5) is 33.0. The van der Waals surface area contributed by atoms with Crippen molar-refractivity contribution in [2.75, 3.05) is 25.5 Å². The molecule has 0 radical (unpaired) electrons. The summed E-state index contributed by atoms with van der Waals surface area (Å²) in [6.07, 6.45) is 1.60. The zero-order chi connectivity index (χ0) is 26.5. The highest BCUT2D eigenvalue weighted by molar-refractivity contribution is 6.31. The molecule has 1 atom stereocenters. The van der Waals surface area contributed by atoms with Gasteiger partial charge in [-0.05, 0) is 61.9 Å². The minimum absolute atomic E-state index is 0.136. The van der Waals surface area contributed by atoms with Gasteiger partial charge in [-0.25, -0.2) is 0 Å². The summed E-state index contributed by atoms with van der Waals surface area (Å²) in [7, 11) is 1.62. The molecular formula is C29H27ClN4O4. The smallest absolute Gasteiger partial charge is 0.241 e. The summed E-state index contributed by atoms with van der Waals surface area (Å²) in [6, 6.07) is 21.3. The van der Waals surface area contributed by atoms with E-state index >= 15 is 0 Å². The Morgan fingerprint density at radius 1 is 1.11 bits per heavy atom. The molecule has 0 saturated carbocycles. The molecule has 2 heterocycles. The maximum absolute atomic E-state index is 13.3. The number of nitrogens with one attached hydrogen (secondary N) is 1. The molecule has 0 spiro atoms. The second kappa shape index (κ2) is 11.6. The van der Waals surface area contributed by atoms with E-state index in [1.807, 2.05) is 30.3 Å². The van der Waals surface area contributed by atoms with Gasteiger partial charge in [-0.15, -0.1) is 0 Å². The summed E-state index contributed by atoms with van der Waals surface area (Å²) < 4.78 is 10.7. The number of carbonyl (C=O) groups excluding carboxylic acids is 2. The van der Waals surface area contributed by atoms with E-state index in [0.717, 1.165) is 30.7 Å². The van der Waals surface area contributed by atoms with Crippen LogP contribution >= 0.6 is 11.6 Å². The number of hydrogen-bond donors (Lipinski definition) is 1. The van der Waals surface area contributed by atoms with Crippen molar-refractivity contribution in [2.45, 2.75) is 19.4 Å². The quantitative estimate of drug-likeness (QED) is 0.301. The molecule has 1 saturated heterocycles. The van der Waals surface area contributed by atoms with Gasteiger partial charge >= 0.3 is 0 Å². The average Bonchev–Trinajstić information content (AvgIpc) is 3.42. The first kappa shape index (κ1) is 25.6. The minimum atomic E-state index is -0.247. The second-order valence-electron chi connectivity index (χ2n) is 9.19. The Bertz CT molecular complexity index is 1420. The Morgan fingerprint density at radius 2 is 1.89 bits per heavy atom. The first-order valence-electron chi connectivity index (χ1n) is 12.4. The van der Waals surface area contributed by atoms with E-state index in [4.69, 9.17) is 20.9 Å². The van der Waals surface area contributed by atoms with Crippen LogP contribution in [-0.4, -0.2) is 46.9 Å². The molecule has 1 fully saturated rings. The number of piperidine rings is 1. The molecule has 3 aromatic carbocycles. The number of ketones is 1. The van der Waals surface area contributed by atoms with Gasteiger partial charge in [0.1, 0.15) is 5.75 Å². The van der Waals surface area contributed by atoms with Crippen LogP contribution in [0.2, 0.25) is 5.02 Å². The van der Waals surface area contributed by atoms with Crippen LogP contribution in [0.25, 0.3) is 11.4 Å². The van der Waals surface area contributed by atoms with Crippen molar-refractivity contribution in [2.24, 2.45) is 5.92 Å². The van der Waals surface area contributed by atoms with Gasteiger partial charge in [0, 0.05) is 28.3 Å². The normalized spacial score (nSPS) is 15.7. The molecule has 1 aromatic heterocycles. The molecule has 0 bridgehead atoms. The van der Waals surface area contributed by atoms with Crippen LogP contribution in [0, 0.1) is 5.92 Å². The first-order valence-corrected chi connectivity index (χ1v) is 12.8. The van der Waals surface area contributed by atoms with Crippen molar-refractivity contribution in [1.82, 2.24) is 15.0 Å². The number of nitrogens with zero attached hydrogens (tertiary/aromatic N) is 3. The van der Waals surface area contributed by atoms with Crippen LogP contribution in [0.4, 0.5) is 5.69 Å². The largest absolute Gasteiger partial charge is 0.497 e. The third kappa shape index (κ3) is 5.93. The Morgan fingerprint density at radius 3 is 2.66 bits per heavy atom. The number of ether oxygens (including phenoxy) is 1. The molecular weight excluding hydrogens is 504 g/mol. The van der Waals surface area contributed by atoms with Crippen molar-refractivity contribution in [3.63, 3.8) is 0 Å². The molecule has 194 valence electrons. The van der Waals surface area contributed by atoms with Crippen LogP contribution in [-0.2, 0) is 11.3 Å². The van der Waals surface area contributed by atoms with Crippen LogP contribution in [0.15, 0.2) is 77.3 Å². The maximum Gasteiger partial charge on any atom is 0.241 e. The minimum Gasteiger partial charge on any atom is -0.497 e. The summed E-state index contributed by atoms with van der Waals surface area (Å²) in [5.41, 5.74) is 2.18. The fraction of sp³-hybridized carbons (Fsp3) is 0.241. The third-order valence-corrected chi connectivity index (χ3v) is 6.81. The number of anilines is 1. The zero-order valence-corrected chi connectivity index (χ0v) is 21.6. The highest BCUT2D eigenvalue weighted by Crippen LogP contribution is 2.27. The Hall–Kier alpha value is -4.01. The predicted molar refractivity (Wildman–Crippen MR) is 144 cm³/mol. The van der Waals surface area contributed by atoms with E-state index in [1.54, 1.807) is 49.6 Å². The lowest BCUT2D eigenvalue weighted by atomic mass is 9.96. The summed E-state index contributed by atoms with van der Waals surface area (Å²) in [5.74, 6) is 1.17. The maximum atomic E-state index is 13.3. The number of carbonyl (C=O) groups is 2. The molecule has 1 unspecified atom stereocenters. The number of aromatic nitrogens is 2. The second-order valence-corrected chi connectivity index (χ2v) is 9.63. The standard InChI is InChI=1S/C29H27ClN4O4/c1-37-23-12-9-20(10-13-23)28-32-26(38-33-28)18-34-15-5-8-21(17-34)29(36)31-25-14-11-22(30)16-24(25)27(35)19-6-3-2-4-7-19/h2-4,6-7,9-14,16,21H,5,8,15,17-18H2,1H3,(H,31,36). The number of likely N-dealkylation sites (tertiary alicyclic amines) is 1. The van der Waals surface area contributed by atoms with Gasteiger partial charge in [-0.2, -0.15) is 4.98 Å². The third-order valence-electron chi connectivity index (χ3n) is 6.57. The number of methoxy groups -OCH3 is 1. The van der Waals surface area contributed by atoms with Gasteiger partial charge in [-0.3, -0.25) is 14.5 Å². The number of halogens is 1. The van der Waals surface area contributed by atoms with Crippen LogP contribution in [0.1, 0.15) is 34.7 Å². The molecule has 5 rings (SSSR count). The molecule has 1 aliphatic rings. The topological polar surface area (TPSA) is 97.6 Å². The van der Waals surface area contributed by atoms with E-state index in [0.29, 0.717) is 46.6 Å². The van der Waals surface area contributed by atoms with Crippen LogP contribution in [0.3, 0.4) is 0 Å². The van der Waals surface area contributed by atoms with Gasteiger partial charge in [-0.1, -0.05) is 47.1 Å². The number of amides is 1. The van der Waals surface area contributed by atoms with E-state index < -0.39 is 0 Å². The van der Waals surface area contributed by atoms with Crippen molar-refractivity contribution >= 4 is 29.0 Å². The lowest BCUT2D eigenvalue weighted by Gasteiger charge is -2.31. The highest BCUT2D eigenvalue weighted by atomic mass is 35.5. The predicted octanol–water partition coefficient (Wildman–Crippen LogP) is 5.48. The molecule has 8 nitrogen and oxygen atoms in total. The molecule has 1 N–H and O–H groups in total. The highest BCUT2D eigenvalue weighted by Gasteiger charge is 2.28. The van der Waals surface area contributed by atoms with Crippen molar-refractivity contribution in [3.05, 3.63) is 94.8 Å². The fourth-order valence-electron chi connectivity index (χ4n) is 4.57. The monoisotopic (exact) mass is 530 g/mol. The fourth-order valence-corrected chi connectivity index (χ4v) is 4.75. The summed E-state index contributed by atoms with van der Waals surface area (Å²) in [5, 5.41) is 7.50. The Labute approximate surface area is 225 Å². The SMILES string of the molecule is COc1ccc(-c2noc(CN3CCCC(C(=O)Nc4ccc(Cl)cc4C(=O)c4ccccc4)C3)n2)cc1. The molecule has 0 aliphatic carbocycles. The van der Waals surface area contributed by atoms with Crippen LogP contribution in [0.5, 0.6) is 5.75 Å². The van der Waals surface area contributed by atoms with E-state index in [2.05, 4.69) is 20.4 Å². The van der Waals surface area contributed by atoms with Gasteiger partial charge in [0.2, 0.25) is 17.6 Å². The average molecular weight is 531 g/mol. The van der Waals surface area contributed by atoms with Gasteiger partial charge in [0.05, 0.1) is 25.3 Å². The molecule has 1 aliphatic heterocycles. The first-order chi connectivity index (χ1) is 18.5. The Balaban J connectivity index is 1.24. The number of hydrogen-bond acceptors (Lipinski definition) is 7. The van der Waals surface area contributed by atoms with Gasteiger partial charge < -0.3 is 14.6 Å². The van der Waals surface area contributed by atoms with Crippen molar-refractivity contribution in [1.29, 1.82) is 0 Å². The molecule has 4 aromatic rings. The van der Waals surface area contributed by atoms with Crippen molar-refractivity contribution in [3.8, 4) is 17.1 Å². The van der Waals surface area contributed by atoms with E-state index in [9.17, 15) is 9.59 Å². The van der Waals surface area contributed by atoms with E-state index in [-0.39, 0.29) is 17.6 Å². The number of rotatable bonds is 8. The van der Waals surface area contributed by atoms with Gasteiger partial charge in [0.25, 0.3) is 0 Å². The van der Waals surface area contributed by atoms with E-state index in [1.165, 1.54) is 0 Å². The zero-order valence-electron chi connectivity index (χ0n) is 20.9. The number of benzene rings is 3. The summed E-state index contributed by atoms with van der Waals surface area (Å²) >= 11 is 6.19. The molecule has 38 heavy (non-hydrogen) atoms. The van der Waals surface area contributed by atoms with Gasteiger partial charge in [0.15, 0.2) is 5.78 Å². The Kier molecular flexibility index (Phi) is 7.81. The lowest BCUT2D eigenvalue weighted by molar-refractivity contribution is -0.121. The van der Waals surface area contributed by atoms with Crippen molar-refractivity contribution < 1.29 is 18.8 Å².